The maximum absolute atomic E-state index is 5.72. The van der Waals surface area contributed by atoms with Crippen LogP contribution in [0, 0.1) is 5.41 Å². The lowest BCUT2D eigenvalue weighted by Crippen LogP contribution is -2.61. The standard InChI is InChI=1S/C8H20N4/c9-6(10)8(7(11)12)4-2-1-3-5-8/h6-7H,1-5,9-12H2. The molecule has 0 aromatic heterocycles. The molecule has 0 radical (unpaired) electrons. The molecule has 1 aliphatic carbocycles. The number of nitrogens with two attached hydrogens (primary N) is 4. The van der Waals surface area contributed by atoms with Crippen LogP contribution in [-0.2, 0) is 0 Å². The fourth-order valence-electron chi connectivity index (χ4n) is 2.10. The van der Waals surface area contributed by atoms with Crippen LogP contribution >= 0.6 is 0 Å². The van der Waals surface area contributed by atoms with Gasteiger partial charge in [0.2, 0.25) is 0 Å². The molecular formula is C8H20N4. The molecule has 4 heteroatoms. The molecule has 1 fully saturated rings. The molecule has 0 bridgehead atoms. The van der Waals surface area contributed by atoms with E-state index in [4.69, 9.17) is 22.9 Å². The van der Waals surface area contributed by atoms with E-state index in [1.165, 1.54) is 6.42 Å². The average molecular weight is 172 g/mol. The highest BCUT2D eigenvalue weighted by Crippen LogP contribution is 2.37. The molecule has 0 atom stereocenters. The Balaban J connectivity index is 2.70. The Hall–Kier alpha value is -0.160. The average Bonchev–Trinajstić information content (AvgIpc) is 2.05. The van der Waals surface area contributed by atoms with Crippen LogP contribution < -0.4 is 22.9 Å². The summed E-state index contributed by atoms with van der Waals surface area (Å²) < 4.78 is 0. The van der Waals surface area contributed by atoms with Gasteiger partial charge in [-0.15, -0.1) is 0 Å². The second-order valence-corrected chi connectivity index (χ2v) is 3.85. The lowest BCUT2D eigenvalue weighted by Gasteiger charge is -2.43. The van der Waals surface area contributed by atoms with Crippen molar-refractivity contribution >= 4 is 0 Å². The topological polar surface area (TPSA) is 104 Å². The van der Waals surface area contributed by atoms with E-state index in [9.17, 15) is 0 Å². The smallest absolute Gasteiger partial charge is 0.0607 e. The molecule has 0 aromatic carbocycles. The van der Waals surface area contributed by atoms with Crippen LogP contribution in [0.4, 0.5) is 0 Å². The van der Waals surface area contributed by atoms with Crippen molar-refractivity contribution in [2.24, 2.45) is 28.3 Å². The zero-order valence-electron chi connectivity index (χ0n) is 7.50. The monoisotopic (exact) mass is 172 g/mol. The van der Waals surface area contributed by atoms with E-state index >= 15 is 0 Å². The van der Waals surface area contributed by atoms with Crippen molar-refractivity contribution in [1.29, 1.82) is 0 Å². The first-order valence-electron chi connectivity index (χ1n) is 4.62. The zero-order valence-corrected chi connectivity index (χ0v) is 7.50. The van der Waals surface area contributed by atoms with E-state index in [1.54, 1.807) is 0 Å². The SMILES string of the molecule is NC(N)C1(C(N)N)CCCCC1. The van der Waals surface area contributed by atoms with Crippen LogP contribution in [0.3, 0.4) is 0 Å². The maximum Gasteiger partial charge on any atom is 0.0607 e. The van der Waals surface area contributed by atoms with Crippen molar-refractivity contribution in [3.63, 3.8) is 0 Å². The Kier molecular flexibility index (Phi) is 3.06. The quantitative estimate of drug-likeness (QED) is 0.418. The molecule has 0 amide bonds. The first kappa shape index (κ1) is 9.92. The molecule has 0 aliphatic heterocycles. The minimum absolute atomic E-state index is 0.210. The van der Waals surface area contributed by atoms with Gasteiger partial charge in [0, 0.05) is 5.41 Å². The van der Waals surface area contributed by atoms with Crippen molar-refractivity contribution in [3.8, 4) is 0 Å². The summed E-state index contributed by atoms with van der Waals surface area (Å²) in [6.45, 7) is 0. The minimum Gasteiger partial charge on any atom is -0.316 e. The van der Waals surface area contributed by atoms with Crippen molar-refractivity contribution in [1.82, 2.24) is 0 Å². The molecule has 4 nitrogen and oxygen atoms in total. The Bertz CT molecular complexity index is 128. The molecule has 1 rings (SSSR count). The van der Waals surface area contributed by atoms with Crippen molar-refractivity contribution in [2.45, 2.75) is 44.4 Å². The van der Waals surface area contributed by atoms with Gasteiger partial charge in [-0.05, 0) is 12.8 Å². The fraction of sp³-hybridized carbons (Fsp3) is 1.00. The fourth-order valence-corrected chi connectivity index (χ4v) is 2.10. The minimum atomic E-state index is -0.377. The molecule has 1 saturated carbocycles. The Labute approximate surface area is 73.6 Å². The highest BCUT2D eigenvalue weighted by molar-refractivity contribution is 4.93. The lowest BCUT2D eigenvalue weighted by molar-refractivity contribution is 0.111. The first-order chi connectivity index (χ1) is 5.59. The third kappa shape index (κ3) is 1.61. The van der Waals surface area contributed by atoms with Gasteiger partial charge in [0.05, 0.1) is 12.3 Å². The summed E-state index contributed by atoms with van der Waals surface area (Å²) in [6.07, 6.45) is 4.74. The van der Waals surface area contributed by atoms with Gasteiger partial charge in [-0.25, -0.2) is 0 Å². The van der Waals surface area contributed by atoms with Gasteiger partial charge in [0.25, 0.3) is 0 Å². The highest BCUT2D eigenvalue weighted by atomic mass is 15.0. The van der Waals surface area contributed by atoms with Crippen LogP contribution in [0.25, 0.3) is 0 Å². The van der Waals surface area contributed by atoms with E-state index < -0.39 is 0 Å². The molecule has 1 aliphatic rings. The normalized spacial score (nSPS) is 23.5. The summed E-state index contributed by atoms with van der Waals surface area (Å²) in [5.74, 6) is 0. The van der Waals surface area contributed by atoms with Gasteiger partial charge < -0.3 is 22.9 Å². The molecule has 0 spiro atoms. The second-order valence-electron chi connectivity index (χ2n) is 3.85. The van der Waals surface area contributed by atoms with Crippen LogP contribution in [-0.4, -0.2) is 12.3 Å². The van der Waals surface area contributed by atoms with Gasteiger partial charge in [-0.1, -0.05) is 19.3 Å². The molecule has 0 heterocycles. The molecular weight excluding hydrogens is 152 g/mol. The molecule has 0 aromatic rings. The van der Waals surface area contributed by atoms with E-state index in [2.05, 4.69) is 0 Å². The summed E-state index contributed by atoms with van der Waals surface area (Å²) in [6, 6.07) is 0. The van der Waals surface area contributed by atoms with Gasteiger partial charge in [0.15, 0.2) is 0 Å². The third-order valence-electron chi connectivity index (χ3n) is 3.11. The lowest BCUT2D eigenvalue weighted by atomic mass is 9.70. The number of hydrogen-bond acceptors (Lipinski definition) is 4. The molecule has 8 N–H and O–H groups in total. The summed E-state index contributed by atoms with van der Waals surface area (Å²) in [7, 11) is 0. The Morgan fingerprint density at radius 2 is 1.17 bits per heavy atom. The Morgan fingerprint density at radius 3 is 1.42 bits per heavy atom. The number of rotatable bonds is 2. The second kappa shape index (κ2) is 3.70. The summed E-state index contributed by atoms with van der Waals surface area (Å²) in [5, 5.41) is 0. The first-order valence-corrected chi connectivity index (χ1v) is 4.62. The highest BCUT2D eigenvalue weighted by Gasteiger charge is 2.39. The molecule has 12 heavy (non-hydrogen) atoms. The Morgan fingerprint density at radius 1 is 0.750 bits per heavy atom. The van der Waals surface area contributed by atoms with Gasteiger partial charge >= 0.3 is 0 Å². The van der Waals surface area contributed by atoms with E-state index in [1.807, 2.05) is 0 Å². The molecule has 72 valence electrons. The summed E-state index contributed by atoms with van der Waals surface area (Å²) >= 11 is 0. The largest absolute Gasteiger partial charge is 0.316 e. The summed E-state index contributed by atoms with van der Waals surface area (Å²) in [4.78, 5) is 0. The zero-order chi connectivity index (χ0) is 9.19. The van der Waals surface area contributed by atoms with Crippen molar-refractivity contribution in [2.75, 3.05) is 0 Å². The van der Waals surface area contributed by atoms with E-state index in [-0.39, 0.29) is 17.7 Å². The maximum atomic E-state index is 5.72. The van der Waals surface area contributed by atoms with E-state index in [0.717, 1.165) is 25.7 Å². The summed E-state index contributed by atoms with van der Waals surface area (Å²) in [5.41, 5.74) is 22.7. The third-order valence-corrected chi connectivity index (χ3v) is 3.11. The predicted molar refractivity (Wildman–Crippen MR) is 49.8 cm³/mol. The van der Waals surface area contributed by atoms with Gasteiger partial charge in [0.1, 0.15) is 0 Å². The van der Waals surface area contributed by atoms with Crippen LogP contribution in [0.5, 0.6) is 0 Å². The van der Waals surface area contributed by atoms with Crippen molar-refractivity contribution < 1.29 is 0 Å². The van der Waals surface area contributed by atoms with Crippen LogP contribution in [0.2, 0.25) is 0 Å². The van der Waals surface area contributed by atoms with Crippen molar-refractivity contribution in [3.05, 3.63) is 0 Å². The van der Waals surface area contributed by atoms with Gasteiger partial charge in [-0.3, -0.25) is 0 Å². The van der Waals surface area contributed by atoms with Crippen LogP contribution in [0.1, 0.15) is 32.1 Å². The molecule has 0 saturated heterocycles. The molecule has 0 unspecified atom stereocenters. The predicted octanol–water partition coefficient (Wildman–Crippen LogP) is -0.576. The van der Waals surface area contributed by atoms with E-state index in [0.29, 0.717) is 0 Å². The van der Waals surface area contributed by atoms with Crippen LogP contribution in [0.15, 0.2) is 0 Å². The van der Waals surface area contributed by atoms with Gasteiger partial charge in [-0.2, -0.15) is 0 Å². The number of hydrogen-bond donors (Lipinski definition) is 4.